The molecule has 0 aliphatic rings. The Morgan fingerprint density at radius 1 is 1.39 bits per heavy atom. The van der Waals surface area contributed by atoms with Crippen molar-refractivity contribution in [3.63, 3.8) is 0 Å². The lowest BCUT2D eigenvalue weighted by Gasteiger charge is -2.13. The molecular formula is C13H15BrClN3. The van der Waals surface area contributed by atoms with Crippen LogP contribution in [-0.2, 0) is 19.9 Å². The number of alkyl halides is 1. The molecule has 0 radical (unpaired) electrons. The van der Waals surface area contributed by atoms with E-state index in [0.717, 1.165) is 23.1 Å². The van der Waals surface area contributed by atoms with Gasteiger partial charge in [-0.25, -0.2) is 4.98 Å². The summed E-state index contributed by atoms with van der Waals surface area (Å²) in [4.78, 5) is 4.25. The fourth-order valence-electron chi connectivity index (χ4n) is 1.94. The molecule has 1 heterocycles. The molecule has 0 N–H and O–H groups in total. The van der Waals surface area contributed by atoms with E-state index in [1.54, 1.807) is 11.0 Å². The number of nitrogens with zero attached hydrogens (tertiary/aromatic N) is 3. The number of benzene rings is 1. The topological polar surface area (TPSA) is 30.7 Å². The highest BCUT2D eigenvalue weighted by atomic mass is 79.9. The maximum atomic E-state index is 6.06. The third-order valence-electron chi connectivity index (χ3n) is 2.91. The van der Waals surface area contributed by atoms with Gasteiger partial charge in [-0.2, -0.15) is 5.10 Å². The Kier molecular flexibility index (Phi) is 4.78. The van der Waals surface area contributed by atoms with Gasteiger partial charge in [-0.3, -0.25) is 4.68 Å². The van der Waals surface area contributed by atoms with Gasteiger partial charge in [0.1, 0.15) is 12.2 Å². The van der Waals surface area contributed by atoms with Crippen molar-refractivity contribution in [2.24, 2.45) is 13.0 Å². The summed E-state index contributed by atoms with van der Waals surface area (Å²) in [5.74, 6) is 1.99. The van der Waals surface area contributed by atoms with Crippen LogP contribution in [0.2, 0.25) is 0 Å². The third kappa shape index (κ3) is 3.56. The first-order chi connectivity index (χ1) is 8.69. The molecule has 0 aliphatic heterocycles. The normalized spacial score (nSPS) is 12.6. The second kappa shape index (κ2) is 6.34. The number of hydrogen-bond acceptors (Lipinski definition) is 2. The molecule has 0 spiro atoms. The van der Waals surface area contributed by atoms with E-state index in [9.17, 15) is 0 Å². The van der Waals surface area contributed by atoms with Crippen LogP contribution in [0, 0.1) is 5.92 Å². The predicted molar refractivity (Wildman–Crippen MR) is 76.8 cm³/mol. The summed E-state index contributed by atoms with van der Waals surface area (Å²) >= 11 is 9.54. The molecule has 0 fully saturated rings. The number of aryl methyl sites for hydroxylation is 1. The number of aromatic nitrogens is 3. The lowest BCUT2D eigenvalue weighted by Crippen LogP contribution is -2.13. The van der Waals surface area contributed by atoms with E-state index in [1.165, 1.54) is 5.56 Å². The highest BCUT2D eigenvalue weighted by molar-refractivity contribution is 9.10. The third-order valence-corrected chi connectivity index (χ3v) is 3.84. The van der Waals surface area contributed by atoms with Gasteiger partial charge in [-0.05, 0) is 30.0 Å². The standard InChI is InChI=1S/C13H15BrClN3/c1-18-13(16-9-17-18)7-11(8-15)5-10-3-2-4-12(14)6-10/h2-4,6,9,11H,5,7-8H2,1H3. The molecule has 1 unspecified atom stereocenters. The van der Waals surface area contributed by atoms with Gasteiger partial charge in [0.25, 0.3) is 0 Å². The molecule has 1 aromatic heterocycles. The van der Waals surface area contributed by atoms with Crippen LogP contribution in [0.5, 0.6) is 0 Å². The predicted octanol–water partition coefficient (Wildman–Crippen LogP) is 3.22. The minimum Gasteiger partial charge on any atom is -0.253 e. The summed E-state index contributed by atoms with van der Waals surface area (Å²) in [6.45, 7) is 0. The lowest BCUT2D eigenvalue weighted by atomic mass is 9.97. The molecule has 2 aromatic rings. The molecule has 0 aliphatic carbocycles. The van der Waals surface area contributed by atoms with Gasteiger partial charge in [0.05, 0.1) is 0 Å². The van der Waals surface area contributed by atoms with Crippen LogP contribution >= 0.6 is 27.5 Å². The molecule has 0 bridgehead atoms. The van der Waals surface area contributed by atoms with Crippen LogP contribution in [0.25, 0.3) is 0 Å². The van der Waals surface area contributed by atoms with Crippen LogP contribution in [0.3, 0.4) is 0 Å². The summed E-state index contributed by atoms with van der Waals surface area (Å²) in [6, 6.07) is 8.34. The number of rotatable bonds is 5. The average molecular weight is 329 g/mol. The van der Waals surface area contributed by atoms with Gasteiger partial charge in [0.15, 0.2) is 0 Å². The first-order valence-corrected chi connectivity index (χ1v) is 7.15. The van der Waals surface area contributed by atoms with Crippen LogP contribution in [0.4, 0.5) is 0 Å². The van der Waals surface area contributed by atoms with Crippen molar-refractivity contribution in [3.8, 4) is 0 Å². The van der Waals surface area contributed by atoms with E-state index in [-0.39, 0.29) is 0 Å². The van der Waals surface area contributed by atoms with Crippen LogP contribution in [0.1, 0.15) is 11.4 Å². The molecule has 2 rings (SSSR count). The summed E-state index contributed by atoms with van der Waals surface area (Å²) in [5, 5.41) is 4.08. The van der Waals surface area contributed by atoms with Crippen molar-refractivity contribution in [3.05, 3.63) is 46.5 Å². The average Bonchev–Trinajstić information content (AvgIpc) is 2.74. The SMILES string of the molecule is Cn1ncnc1CC(CCl)Cc1cccc(Br)c1. The molecule has 96 valence electrons. The van der Waals surface area contributed by atoms with E-state index < -0.39 is 0 Å². The molecule has 1 aromatic carbocycles. The fraction of sp³-hybridized carbons (Fsp3) is 0.385. The van der Waals surface area contributed by atoms with Gasteiger partial charge in [0.2, 0.25) is 0 Å². The molecule has 3 nitrogen and oxygen atoms in total. The monoisotopic (exact) mass is 327 g/mol. The minimum absolute atomic E-state index is 0.379. The Morgan fingerprint density at radius 3 is 2.83 bits per heavy atom. The minimum atomic E-state index is 0.379. The van der Waals surface area contributed by atoms with E-state index in [1.807, 2.05) is 19.2 Å². The Balaban J connectivity index is 2.04. The quantitative estimate of drug-likeness (QED) is 0.789. The molecule has 0 saturated heterocycles. The summed E-state index contributed by atoms with van der Waals surface area (Å²) in [5.41, 5.74) is 1.29. The largest absolute Gasteiger partial charge is 0.253 e. The van der Waals surface area contributed by atoms with E-state index in [2.05, 4.69) is 38.1 Å². The molecule has 5 heteroatoms. The van der Waals surface area contributed by atoms with Crippen molar-refractivity contribution in [2.75, 3.05) is 5.88 Å². The number of halogens is 2. The van der Waals surface area contributed by atoms with E-state index in [4.69, 9.17) is 11.6 Å². The van der Waals surface area contributed by atoms with Crippen molar-refractivity contribution >= 4 is 27.5 Å². The van der Waals surface area contributed by atoms with Crippen LogP contribution < -0.4 is 0 Å². The van der Waals surface area contributed by atoms with Crippen LogP contribution in [-0.4, -0.2) is 20.6 Å². The Labute approximate surface area is 120 Å². The molecule has 0 amide bonds. The van der Waals surface area contributed by atoms with Gasteiger partial charge >= 0.3 is 0 Å². The van der Waals surface area contributed by atoms with Gasteiger partial charge < -0.3 is 0 Å². The van der Waals surface area contributed by atoms with E-state index >= 15 is 0 Å². The van der Waals surface area contributed by atoms with Crippen LogP contribution in [0.15, 0.2) is 35.1 Å². The zero-order chi connectivity index (χ0) is 13.0. The Hall–Kier alpha value is -0.870. The fourth-order valence-corrected chi connectivity index (χ4v) is 2.61. The first kappa shape index (κ1) is 13.6. The van der Waals surface area contributed by atoms with E-state index in [0.29, 0.717) is 11.8 Å². The Morgan fingerprint density at radius 2 is 2.22 bits per heavy atom. The summed E-state index contributed by atoms with van der Waals surface area (Å²) < 4.78 is 2.91. The van der Waals surface area contributed by atoms with Crippen molar-refractivity contribution in [1.82, 2.24) is 14.8 Å². The zero-order valence-corrected chi connectivity index (χ0v) is 12.5. The summed E-state index contributed by atoms with van der Waals surface area (Å²) in [7, 11) is 1.91. The maximum absolute atomic E-state index is 6.06. The molecule has 18 heavy (non-hydrogen) atoms. The van der Waals surface area contributed by atoms with Gasteiger partial charge in [0, 0.05) is 23.8 Å². The van der Waals surface area contributed by atoms with Crippen molar-refractivity contribution < 1.29 is 0 Å². The maximum Gasteiger partial charge on any atom is 0.138 e. The molecule has 1 atom stereocenters. The Bertz CT molecular complexity index is 512. The second-order valence-corrected chi connectivity index (χ2v) is 5.58. The molecular weight excluding hydrogens is 314 g/mol. The lowest BCUT2D eigenvalue weighted by molar-refractivity contribution is 0.542. The number of hydrogen-bond donors (Lipinski definition) is 0. The zero-order valence-electron chi connectivity index (χ0n) is 10.2. The second-order valence-electron chi connectivity index (χ2n) is 4.36. The van der Waals surface area contributed by atoms with Gasteiger partial charge in [-0.1, -0.05) is 28.1 Å². The summed E-state index contributed by atoms with van der Waals surface area (Å²) in [6.07, 6.45) is 3.39. The van der Waals surface area contributed by atoms with Crippen molar-refractivity contribution in [1.29, 1.82) is 0 Å². The highest BCUT2D eigenvalue weighted by Gasteiger charge is 2.13. The smallest absolute Gasteiger partial charge is 0.138 e. The molecule has 0 saturated carbocycles. The van der Waals surface area contributed by atoms with Gasteiger partial charge in [-0.15, -0.1) is 11.6 Å². The highest BCUT2D eigenvalue weighted by Crippen LogP contribution is 2.18. The first-order valence-electron chi connectivity index (χ1n) is 5.82. The van der Waals surface area contributed by atoms with Crippen molar-refractivity contribution in [2.45, 2.75) is 12.8 Å².